The zero-order valence-corrected chi connectivity index (χ0v) is 10.5. The van der Waals surface area contributed by atoms with Crippen LogP contribution in [-0.4, -0.2) is 21.3 Å². The average molecular weight is 237 g/mol. The molecule has 1 aromatic rings. The third kappa shape index (κ3) is 2.71. The lowest BCUT2D eigenvalue weighted by Gasteiger charge is -2.18. The van der Waals surface area contributed by atoms with E-state index in [0.29, 0.717) is 23.7 Å². The van der Waals surface area contributed by atoms with Crippen LogP contribution in [0.1, 0.15) is 18.0 Å². The van der Waals surface area contributed by atoms with Crippen molar-refractivity contribution in [2.45, 2.75) is 12.5 Å². The number of methoxy groups -OCH3 is 3. The molecule has 0 fully saturated rings. The van der Waals surface area contributed by atoms with Gasteiger partial charge in [-0.3, -0.25) is 0 Å². The number of benzene rings is 1. The molecule has 0 saturated heterocycles. The molecule has 94 valence electrons. The van der Waals surface area contributed by atoms with E-state index in [1.54, 1.807) is 27.4 Å². The van der Waals surface area contributed by atoms with Gasteiger partial charge in [-0.2, -0.15) is 0 Å². The molecular weight excluding hydrogens is 218 g/mol. The molecule has 0 aromatic heterocycles. The number of hydrogen-bond donors (Lipinski definition) is 1. The van der Waals surface area contributed by atoms with Crippen LogP contribution in [0.2, 0.25) is 0 Å². The van der Waals surface area contributed by atoms with Gasteiger partial charge in [-0.1, -0.05) is 6.08 Å². The first-order chi connectivity index (χ1) is 8.19. The smallest absolute Gasteiger partial charge is 0.203 e. The normalized spacial score (nSPS) is 11.8. The lowest BCUT2D eigenvalue weighted by Crippen LogP contribution is -2.11. The number of nitrogens with two attached hydrogens (primary N) is 1. The SMILES string of the molecule is C=CCC(N)c1ccc(OC)c(OC)c1OC. The molecule has 17 heavy (non-hydrogen) atoms. The van der Waals surface area contributed by atoms with E-state index in [4.69, 9.17) is 19.9 Å². The molecule has 4 nitrogen and oxygen atoms in total. The molecule has 0 amide bonds. The maximum Gasteiger partial charge on any atom is 0.203 e. The van der Waals surface area contributed by atoms with Crippen molar-refractivity contribution >= 4 is 0 Å². The molecule has 0 aliphatic rings. The van der Waals surface area contributed by atoms with E-state index in [1.807, 2.05) is 12.1 Å². The van der Waals surface area contributed by atoms with Crippen LogP contribution in [0.25, 0.3) is 0 Å². The molecule has 1 rings (SSSR count). The second-order valence-corrected chi connectivity index (χ2v) is 3.55. The minimum absolute atomic E-state index is 0.165. The van der Waals surface area contributed by atoms with Crippen LogP contribution in [0, 0.1) is 0 Å². The molecule has 0 aliphatic heterocycles. The Bertz CT molecular complexity index is 390. The molecule has 2 N–H and O–H groups in total. The van der Waals surface area contributed by atoms with Crippen LogP contribution in [0.5, 0.6) is 17.2 Å². The highest BCUT2D eigenvalue weighted by Gasteiger charge is 2.19. The summed E-state index contributed by atoms with van der Waals surface area (Å²) in [6.45, 7) is 3.68. The van der Waals surface area contributed by atoms with E-state index in [9.17, 15) is 0 Å². The standard InChI is InChI=1S/C13H19NO3/c1-5-6-10(14)9-7-8-11(15-2)13(17-4)12(9)16-3/h5,7-8,10H,1,6,14H2,2-4H3. The Balaban J connectivity index is 3.27. The highest BCUT2D eigenvalue weighted by Crippen LogP contribution is 2.42. The van der Waals surface area contributed by atoms with Gasteiger partial charge >= 0.3 is 0 Å². The fourth-order valence-electron chi connectivity index (χ4n) is 1.72. The van der Waals surface area contributed by atoms with Gasteiger partial charge in [-0.25, -0.2) is 0 Å². The van der Waals surface area contributed by atoms with Gasteiger partial charge in [0.15, 0.2) is 11.5 Å². The molecule has 0 aliphatic carbocycles. The summed E-state index contributed by atoms with van der Waals surface area (Å²) in [5.74, 6) is 1.80. The van der Waals surface area contributed by atoms with Crippen molar-refractivity contribution in [1.82, 2.24) is 0 Å². The van der Waals surface area contributed by atoms with Gasteiger partial charge in [0, 0.05) is 11.6 Å². The largest absolute Gasteiger partial charge is 0.493 e. The van der Waals surface area contributed by atoms with Gasteiger partial charge in [-0.15, -0.1) is 6.58 Å². The summed E-state index contributed by atoms with van der Waals surface area (Å²) in [6.07, 6.45) is 2.45. The molecule has 0 bridgehead atoms. The van der Waals surface area contributed by atoms with Gasteiger partial charge in [0.1, 0.15) is 0 Å². The van der Waals surface area contributed by atoms with Crippen molar-refractivity contribution in [1.29, 1.82) is 0 Å². The van der Waals surface area contributed by atoms with E-state index in [1.165, 1.54) is 0 Å². The van der Waals surface area contributed by atoms with Gasteiger partial charge in [-0.05, 0) is 18.6 Å². The maximum absolute atomic E-state index is 6.05. The van der Waals surface area contributed by atoms with E-state index in [-0.39, 0.29) is 6.04 Å². The van der Waals surface area contributed by atoms with Crippen molar-refractivity contribution in [2.24, 2.45) is 5.73 Å². The first kappa shape index (κ1) is 13.4. The summed E-state index contributed by atoms with van der Waals surface area (Å²) in [6, 6.07) is 3.54. The summed E-state index contributed by atoms with van der Waals surface area (Å²) in [5, 5.41) is 0. The van der Waals surface area contributed by atoms with E-state index >= 15 is 0 Å². The van der Waals surface area contributed by atoms with Crippen molar-refractivity contribution in [2.75, 3.05) is 21.3 Å². The van der Waals surface area contributed by atoms with Crippen molar-refractivity contribution in [3.8, 4) is 17.2 Å². The molecule has 1 aromatic carbocycles. The van der Waals surface area contributed by atoms with E-state index in [2.05, 4.69) is 6.58 Å². The summed E-state index contributed by atoms with van der Waals surface area (Å²) < 4.78 is 15.9. The van der Waals surface area contributed by atoms with Gasteiger partial charge in [0.25, 0.3) is 0 Å². The maximum atomic E-state index is 6.05. The van der Waals surface area contributed by atoms with Crippen LogP contribution in [0.4, 0.5) is 0 Å². The van der Waals surface area contributed by atoms with Crippen LogP contribution in [0.15, 0.2) is 24.8 Å². The molecule has 0 spiro atoms. The highest BCUT2D eigenvalue weighted by molar-refractivity contribution is 5.56. The summed E-state index contributed by atoms with van der Waals surface area (Å²) >= 11 is 0. The number of rotatable bonds is 6. The van der Waals surface area contributed by atoms with Gasteiger partial charge in [0.05, 0.1) is 21.3 Å². The third-order valence-corrected chi connectivity index (χ3v) is 2.55. The highest BCUT2D eigenvalue weighted by atomic mass is 16.5. The molecular formula is C13H19NO3. The Labute approximate surface area is 102 Å². The lowest BCUT2D eigenvalue weighted by atomic mass is 10.0. The Morgan fingerprint density at radius 2 is 1.82 bits per heavy atom. The van der Waals surface area contributed by atoms with Crippen LogP contribution in [0.3, 0.4) is 0 Å². The predicted molar refractivity (Wildman–Crippen MR) is 67.8 cm³/mol. The Kier molecular flexibility index (Phi) is 4.84. The minimum Gasteiger partial charge on any atom is -0.493 e. The topological polar surface area (TPSA) is 53.7 Å². The average Bonchev–Trinajstić information content (AvgIpc) is 2.36. The quantitative estimate of drug-likeness (QED) is 0.771. The molecule has 0 radical (unpaired) electrons. The second kappa shape index (κ2) is 6.15. The Morgan fingerprint density at radius 3 is 2.29 bits per heavy atom. The number of ether oxygens (including phenoxy) is 3. The fourth-order valence-corrected chi connectivity index (χ4v) is 1.72. The Morgan fingerprint density at radius 1 is 1.18 bits per heavy atom. The second-order valence-electron chi connectivity index (χ2n) is 3.55. The molecule has 4 heteroatoms. The molecule has 0 saturated carbocycles. The zero-order valence-electron chi connectivity index (χ0n) is 10.5. The van der Waals surface area contributed by atoms with Gasteiger partial charge < -0.3 is 19.9 Å². The lowest BCUT2D eigenvalue weighted by molar-refractivity contribution is 0.321. The van der Waals surface area contributed by atoms with Crippen molar-refractivity contribution in [3.05, 3.63) is 30.4 Å². The first-order valence-corrected chi connectivity index (χ1v) is 5.34. The minimum atomic E-state index is -0.165. The van der Waals surface area contributed by atoms with Crippen molar-refractivity contribution in [3.63, 3.8) is 0 Å². The Hall–Kier alpha value is -1.68. The van der Waals surface area contributed by atoms with E-state index in [0.717, 1.165) is 5.56 Å². The van der Waals surface area contributed by atoms with Crippen LogP contribution >= 0.6 is 0 Å². The zero-order chi connectivity index (χ0) is 12.8. The fraction of sp³-hybridized carbons (Fsp3) is 0.385. The number of hydrogen-bond acceptors (Lipinski definition) is 4. The third-order valence-electron chi connectivity index (χ3n) is 2.55. The summed E-state index contributed by atoms with van der Waals surface area (Å²) in [4.78, 5) is 0. The van der Waals surface area contributed by atoms with Gasteiger partial charge in [0.2, 0.25) is 5.75 Å². The predicted octanol–water partition coefficient (Wildman–Crippen LogP) is 2.29. The van der Waals surface area contributed by atoms with Crippen LogP contribution < -0.4 is 19.9 Å². The molecule has 0 heterocycles. The first-order valence-electron chi connectivity index (χ1n) is 5.34. The molecule has 1 unspecified atom stereocenters. The van der Waals surface area contributed by atoms with Crippen LogP contribution in [-0.2, 0) is 0 Å². The van der Waals surface area contributed by atoms with E-state index < -0.39 is 0 Å². The van der Waals surface area contributed by atoms with Crippen molar-refractivity contribution < 1.29 is 14.2 Å². The summed E-state index contributed by atoms with van der Waals surface area (Å²) in [7, 11) is 4.74. The monoisotopic (exact) mass is 237 g/mol. The molecule has 1 atom stereocenters. The summed E-state index contributed by atoms with van der Waals surface area (Å²) in [5.41, 5.74) is 6.93.